The van der Waals surface area contributed by atoms with Crippen molar-refractivity contribution >= 4 is 28.9 Å². The summed E-state index contributed by atoms with van der Waals surface area (Å²) in [5.74, 6) is 0. The van der Waals surface area contributed by atoms with Gasteiger partial charge in [-0.1, -0.05) is 19.3 Å². The summed E-state index contributed by atoms with van der Waals surface area (Å²) in [6.07, 6.45) is 11.0. The molecule has 1 aromatic heterocycles. The zero-order valence-corrected chi connectivity index (χ0v) is 11.1. The van der Waals surface area contributed by atoms with Gasteiger partial charge in [0.05, 0.1) is 5.69 Å². The van der Waals surface area contributed by atoms with Crippen molar-refractivity contribution in [1.29, 1.82) is 0 Å². The van der Waals surface area contributed by atoms with Gasteiger partial charge in [-0.15, -0.1) is 23.7 Å². The summed E-state index contributed by atoms with van der Waals surface area (Å²) in [6.45, 7) is 0. The van der Waals surface area contributed by atoms with E-state index in [1.54, 1.807) is 11.3 Å². The number of rotatable bonds is 0. The Kier molecular flexibility index (Phi) is 3.45. The maximum Gasteiger partial charge on any atom is 0.180 e. The van der Waals surface area contributed by atoms with Crippen molar-refractivity contribution in [2.24, 2.45) is 5.41 Å². The summed E-state index contributed by atoms with van der Waals surface area (Å²) in [5.41, 5.74) is 7.71. The summed E-state index contributed by atoms with van der Waals surface area (Å²) in [7, 11) is 0. The molecule has 90 valence electrons. The number of nitrogens with zero attached hydrogens (tertiary/aromatic N) is 1. The Hall–Kier alpha value is -0.280. The predicted molar refractivity (Wildman–Crippen MR) is 71.3 cm³/mol. The Labute approximate surface area is 107 Å². The first kappa shape index (κ1) is 12.2. The molecule has 2 N–H and O–H groups in total. The molecule has 0 unspecified atom stereocenters. The number of anilines is 1. The Morgan fingerprint density at radius 2 is 1.88 bits per heavy atom. The summed E-state index contributed by atoms with van der Waals surface area (Å²) >= 11 is 1.72. The van der Waals surface area contributed by atoms with Crippen molar-refractivity contribution in [1.82, 2.24) is 4.98 Å². The number of aryl methyl sites for hydroxylation is 1. The van der Waals surface area contributed by atoms with Crippen LogP contribution in [0.15, 0.2) is 0 Å². The lowest BCUT2D eigenvalue weighted by Gasteiger charge is -2.39. The molecule has 0 radical (unpaired) electrons. The van der Waals surface area contributed by atoms with Crippen LogP contribution in [0.5, 0.6) is 0 Å². The van der Waals surface area contributed by atoms with Crippen LogP contribution in [0.3, 0.4) is 0 Å². The van der Waals surface area contributed by atoms with Crippen LogP contribution in [0.4, 0.5) is 5.13 Å². The van der Waals surface area contributed by atoms with Crippen LogP contribution in [0.25, 0.3) is 0 Å². The molecule has 1 aromatic rings. The number of nitrogens with two attached hydrogens (primary N) is 1. The minimum atomic E-state index is 0. The highest BCUT2D eigenvalue weighted by Gasteiger charge is 2.36. The Balaban J connectivity index is 0.000000963. The van der Waals surface area contributed by atoms with E-state index in [0.717, 1.165) is 5.13 Å². The SMILES string of the molecule is Cl.Nc1nc2c(s1)CC1(CCCCC1)CC2. The lowest BCUT2D eigenvalue weighted by molar-refractivity contribution is 0.163. The van der Waals surface area contributed by atoms with Crippen molar-refractivity contribution in [3.8, 4) is 0 Å². The molecule has 0 aliphatic heterocycles. The molecular formula is C12H19ClN2S. The van der Waals surface area contributed by atoms with Gasteiger partial charge in [0.2, 0.25) is 0 Å². The maximum atomic E-state index is 5.78. The summed E-state index contributed by atoms with van der Waals surface area (Å²) < 4.78 is 0. The molecule has 0 amide bonds. The largest absolute Gasteiger partial charge is 0.375 e. The first-order valence-electron chi connectivity index (χ1n) is 6.02. The second-order valence-corrected chi connectivity index (χ2v) is 6.27. The lowest BCUT2D eigenvalue weighted by atomic mass is 9.66. The van der Waals surface area contributed by atoms with Crippen LogP contribution < -0.4 is 5.73 Å². The maximum absolute atomic E-state index is 5.78. The fraction of sp³-hybridized carbons (Fsp3) is 0.750. The van der Waals surface area contributed by atoms with Crippen LogP contribution in [0, 0.1) is 5.41 Å². The molecule has 1 saturated carbocycles. The molecule has 1 fully saturated rings. The monoisotopic (exact) mass is 258 g/mol. The highest BCUT2D eigenvalue weighted by molar-refractivity contribution is 7.15. The van der Waals surface area contributed by atoms with E-state index in [1.807, 2.05) is 0 Å². The molecule has 4 heteroatoms. The molecular weight excluding hydrogens is 240 g/mol. The standard InChI is InChI=1S/C12H18N2S.ClH/c13-11-14-9-4-7-12(8-10(9)15-11)5-2-1-3-6-12;/h1-8H2,(H2,13,14);1H. The number of fused-ring (bicyclic) bond motifs is 1. The second-order valence-electron chi connectivity index (χ2n) is 5.16. The van der Waals surface area contributed by atoms with E-state index in [2.05, 4.69) is 4.98 Å². The number of hydrogen-bond acceptors (Lipinski definition) is 3. The zero-order valence-electron chi connectivity index (χ0n) is 9.50. The van der Waals surface area contributed by atoms with Gasteiger partial charge >= 0.3 is 0 Å². The van der Waals surface area contributed by atoms with E-state index in [0.29, 0.717) is 5.41 Å². The molecule has 0 saturated heterocycles. The smallest absolute Gasteiger partial charge is 0.180 e. The van der Waals surface area contributed by atoms with Gasteiger partial charge in [-0.3, -0.25) is 0 Å². The predicted octanol–water partition coefficient (Wildman–Crippen LogP) is 3.59. The molecule has 3 rings (SSSR count). The Morgan fingerprint density at radius 1 is 1.12 bits per heavy atom. The van der Waals surface area contributed by atoms with E-state index in [4.69, 9.17) is 5.73 Å². The Bertz CT molecular complexity index is 369. The van der Waals surface area contributed by atoms with Gasteiger partial charge in [-0.05, 0) is 37.5 Å². The second kappa shape index (κ2) is 4.53. The van der Waals surface area contributed by atoms with Crippen molar-refractivity contribution in [3.05, 3.63) is 10.6 Å². The van der Waals surface area contributed by atoms with Gasteiger partial charge in [0, 0.05) is 4.88 Å². The molecule has 2 aliphatic carbocycles. The van der Waals surface area contributed by atoms with Crippen LogP contribution >= 0.6 is 23.7 Å². The van der Waals surface area contributed by atoms with Gasteiger partial charge in [-0.25, -0.2) is 4.98 Å². The summed E-state index contributed by atoms with van der Waals surface area (Å²) in [6, 6.07) is 0. The number of halogens is 1. The topological polar surface area (TPSA) is 38.9 Å². The molecule has 2 aliphatic rings. The van der Waals surface area contributed by atoms with Gasteiger partial charge in [0.15, 0.2) is 5.13 Å². The molecule has 2 nitrogen and oxygen atoms in total. The molecule has 0 aromatic carbocycles. The first-order valence-corrected chi connectivity index (χ1v) is 6.83. The minimum absolute atomic E-state index is 0. The molecule has 16 heavy (non-hydrogen) atoms. The van der Waals surface area contributed by atoms with Crippen molar-refractivity contribution in [2.75, 3.05) is 5.73 Å². The highest BCUT2D eigenvalue weighted by Crippen LogP contribution is 2.47. The van der Waals surface area contributed by atoms with Crippen LogP contribution in [-0.2, 0) is 12.8 Å². The molecule has 1 spiro atoms. The van der Waals surface area contributed by atoms with Crippen molar-refractivity contribution in [3.63, 3.8) is 0 Å². The molecule has 1 heterocycles. The van der Waals surface area contributed by atoms with E-state index in [1.165, 1.54) is 61.9 Å². The van der Waals surface area contributed by atoms with Crippen LogP contribution in [0.1, 0.15) is 49.1 Å². The van der Waals surface area contributed by atoms with Crippen LogP contribution in [0.2, 0.25) is 0 Å². The fourth-order valence-corrected chi connectivity index (χ4v) is 4.33. The van der Waals surface area contributed by atoms with E-state index in [9.17, 15) is 0 Å². The fourth-order valence-electron chi connectivity index (χ4n) is 3.28. The minimum Gasteiger partial charge on any atom is -0.375 e. The molecule has 0 atom stereocenters. The highest BCUT2D eigenvalue weighted by atomic mass is 35.5. The van der Waals surface area contributed by atoms with E-state index >= 15 is 0 Å². The van der Waals surface area contributed by atoms with E-state index in [-0.39, 0.29) is 12.4 Å². The number of hydrogen-bond donors (Lipinski definition) is 1. The average Bonchev–Trinajstić information content (AvgIpc) is 2.58. The third kappa shape index (κ3) is 2.07. The summed E-state index contributed by atoms with van der Waals surface area (Å²) in [5, 5.41) is 0.771. The van der Waals surface area contributed by atoms with Gasteiger partial charge in [0.25, 0.3) is 0 Å². The number of thiazole rings is 1. The zero-order chi connectivity index (χ0) is 10.3. The average molecular weight is 259 g/mol. The quantitative estimate of drug-likeness (QED) is 0.773. The van der Waals surface area contributed by atoms with Gasteiger partial charge < -0.3 is 5.73 Å². The lowest BCUT2D eigenvalue weighted by Crippen LogP contribution is -2.30. The third-order valence-electron chi connectivity index (χ3n) is 4.14. The Morgan fingerprint density at radius 3 is 2.62 bits per heavy atom. The van der Waals surface area contributed by atoms with Crippen LogP contribution in [-0.4, -0.2) is 4.98 Å². The normalized spacial score (nSPS) is 22.5. The number of aromatic nitrogens is 1. The van der Waals surface area contributed by atoms with E-state index < -0.39 is 0 Å². The third-order valence-corrected chi connectivity index (χ3v) is 5.06. The van der Waals surface area contributed by atoms with Crippen molar-refractivity contribution in [2.45, 2.75) is 51.4 Å². The summed E-state index contributed by atoms with van der Waals surface area (Å²) in [4.78, 5) is 5.91. The van der Waals surface area contributed by atoms with Gasteiger partial charge in [0.1, 0.15) is 0 Å². The van der Waals surface area contributed by atoms with Gasteiger partial charge in [-0.2, -0.15) is 0 Å². The number of nitrogen functional groups attached to an aromatic ring is 1. The first-order chi connectivity index (χ1) is 7.27. The van der Waals surface area contributed by atoms with Crippen molar-refractivity contribution < 1.29 is 0 Å². The molecule has 0 bridgehead atoms.